The Hall–Kier alpha value is -2.30. The number of esters is 1. The number of hydrogen-bond donors (Lipinski definition) is 1. The van der Waals surface area contributed by atoms with Gasteiger partial charge in [-0.25, -0.2) is 4.79 Å². The predicted octanol–water partition coefficient (Wildman–Crippen LogP) is 2.31. The van der Waals surface area contributed by atoms with Crippen LogP contribution in [0.15, 0.2) is 30.3 Å². The molecule has 118 valence electrons. The Morgan fingerprint density at radius 1 is 1.23 bits per heavy atom. The monoisotopic (exact) mass is 303 g/mol. The summed E-state index contributed by atoms with van der Waals surface area (Å²) >= 11 is 0. The molecule has 0 aromatic heterocycles. The molecule has 1 N–H and O–H groups in total. The van der Waals surface area contributed by atoms with Gasteiger partial charge in [0, 0.05) is 12.1 Å². The summed E-state index contributed by atoms with van der Waals surface area (Å²) in [6.45, 7) is -0.234. The number of carbonyl (C=O) groups excluding carboxylic acids is 2. The Bertz CT molecular complexity index is 530. The average molecular weight is 303 g/mol. The predicted molar refractivity (Wildman–Crippen MR) is 83.4 cm³/mol. The van der Waals surface area contributed by atoms with E-state index in [1.54, 1.807) is 25.3 Å². The summed E-state index contributed by atoms with van der Waals surface area (Å²) < 4.78 is 9.97. The van der Waals surface area contributed by atoms with Crippen molar-refractivity contribution in [1.82, 2.24) is 5.32 Å². The van der Waals surface area contributed by atoms with Crippen molar-refractivity contribution in [2.24, 2.45) is 0 Å². The minimum atomic E-state index is -0.530. The van der Waals surface area contributed by atoms with Crippen LogP contribution in [0.1, 0.15) is 31.2 Å². The van der Waals surface area contributed by atoms with E-state index in [0.29, 0.717) is 0 Å². The fourth-order valence-corrected chi connectivity index (χ4v) is 2.40. The molecule has 0 saturated heterocycles. The van der Waals surface area contributed by atoms with E-state index in [2.05, 4.69) is 5.32 Å². The zero-order chi connectivity index (χ0) is 15.8. The van der Waals surface area contributed by atoms with Crippen LogP contribution in [0.2, 0.25) is 0 Å². The summed E-state index contributed by atoms with van der Waals surface area (Å²) in [5, 5.41) is 2.87. The molecule has 1 amide bonds. The topological polar surface area (TPSA) is 64.6 Å². The molecule has 1 aliphatic rings. The first kappa shape index (κ1) is 16.1. The van der Waals surface area contributed by atoms with E-state index < -0.39 is 5.97 Å². The van der Waals surface area contributed by atoms with E-state index in [4.69, 9.17) is 9.47 Å². The number of hydrogen-bond acceptors (Lipinski definition) is 4. The van der Waals surface area contributed by atoms with Crippen LogP contribution in [0.3, 0.4) is 0 Å². The van der Waals surface area contributed by atoms with Gasteiger partial charge in [-0.3, -0.25) is 4.79 Å². The fourth-order valence-electron chi connectivity index (χ4n) is 2.40. The van der Waals surface area contributed by atoms with Crippen molar-refractivity contribution in [2.45, 2.75) is 31.7 Å². The molecule has 0 aliphatic heterocycles. The lowest BCUT2D eigenvalue weighted by molar-refractivity contribution is -0.144. The summed E-state index contributed by atoms with van der Waals surface area (Å²) in [7, 11) is 1.60. The zero-order valence-corrected chi connectivity index (χ0v) is 12.7. The first-order chi connectivity index (χ1) is 10.7. The molecule has 5 heteroatoms. The third-order valence-corrected chi connectivity index (χ3v) is 3.59. The minimum absolute atomic E-state index is 0.234. The van der Waals surface area contributed by atoms with Gasteiger partial charge in [0.05, 0.1) is 7.11 Å². The molecular formula is C17H21NO4. The summed E-state index contributed by atoms with van der Waals surface area (Å²) in [5.41, 5.74) is 0.855. The van der Waals surface area contributed by atoms with E-state index in [1.165, 1.54) is 6.08 Å². The molecule has 0 spiro atoms. The highest BCUT2D eigenvalue weighted by Gasteiger charge is 2.17. The quantitative estimate of drug-likeness (QED) is 0.647. The van der Waals surface area contributed by atoms with Crippen molar-refractivity contribution < 1.29 is 19.1 Å². The lowest BCUT2D eigenvalue weighted by Crippen LogP contribution is -2.35. The number of methoxy groups -OCH3 is 1. The average Bonchev–Trinajstić information content (AvgIpc) is 3.04. The molecule has 5 nitrogen and oxygen atoms in total. The third kappa shape index (κ3) is 5.24. The normalized spacial score (nSPS) is 15.0. The minimum Gasteiger partial charge on any atom is -0.497 e. The Balaban J connectivity index is 1.72. The molecule has 1 aliphatic carbocycles. The fraction of sp³-hybridized carbons (Fsp3) is 0.412. The van der Waals surface area contributed by atoms with Gasteiger partial charge in [-0.1, -0.05) is 25.0 Å². The van der Waals surface area contributed by atoms with E-state index in [1.807, 2.05) is 12.1 Å². The maximum Gasteiger partial charge on any atom is 0.331 e. The van der Waals surface area contributed by atoms with Crippen LogP contribution >= 0.6 is 0 Å². The van der Waals surface area contributed by atoms with Gasteiger partial charge in [0.25, 0.3) is 5.91 Å². The van der Waals surface area contributed by atoms with Gasteiger partial charge in [-0.15, -0.1) is 0 Å². The Morgan fingerprint density at radius 3 is 2.55 bits per heavy atom. The second-order valence-corrected chi connectivity index (χ2v) is 5.26. The van der Waals surface area contributed by atoms with Crippen molar-refractivity contribution >= 4 is 18.0 Å². The largest absolute Gasteiger partial charge is 0.497 e. The van der Waals surface area contributed by atoms with Gasteiger partial charge in [0.1, 0.15) is 5.75 Å². The van der Waals surface area contributed by atoms with Crippen molar-refractivity contribution in [1.29, 1.82) is 0 Å². The summed E-state index contributed by atoms with van der Waals surface area (Å²) in [6, 6.07) is 7.51. The number of ether oxygens (including phenoxy) is 2. The standard InChI is InChI=1S/C17H21NO4/c1-21-15-9-6-13(7-10-15)8-11-17(20)22-12-16(19)18-14-4-2-3-5-14/h6-11,14H,2-5,12H2,1H3,(H,18,19)/b11-8+. The molecule has 22 heavy (non-hydrogen) atoms. The lowest BCUT2D eigenvalue weighted by atomic mass is 10.2. The Kier molecular flexibility index (Phi) is 6.01. The van der Waals surface area contributed by atoms with Crippen LogP contribution in [-0.2, 0) is 14.3 Å². The highest BCUT2D eigenvalue weighted by atomic mass is 16.5. The number of carbonyl (C=O) groups is 2. The van der Waals surface area contributed by atoms with E-state index in [0.717, 1.165) is 37.0 Å². The molecule has 1 fully saturated rings. The van der Waals surface area contributed by atoms with Crippen molar-refractivity contribution in [3.63, 3.8) is 0 Å². The van der Waals surface area contributed by atoms with Crippen molar-refractivity contribution in [3.05, 3.63) is 35.9 Å². The van der Waals surface area contributed by atoms with Gasteiger partial charge in [0.15, 0.2) is 6.61 Å². The van der Waals surface area contributed by atoms with Gasteiger partial charge in [-0.05, 0) is 36.6 Å². The van der Waals surface area contributed by atoms with Crippen LogP contribution in [0.25, 0.3) is 6.08 Å². The van der Waals surface area contributed by atoms with E-state index in [9.17, 15) is 9.59 Å². The van der Waals surface area contributed by atoms with Crippen LogP contribution in [-0.4, -0.2) is 31.6 Å². The molecule has 2 rings (SSSR count). The highest BCUT2D eigenvalue weighted by Crippen LogP contribution is 2.17. The van der Waals surface area contributed by atoms with E-state index in [-0.39, 0.29) is 18.6 Å². The van der Waals surface area contributed by atoms with Gasteiger partial charge >= 0.3 is 5.97 Å². The van der Waals surface area contributed by atoms with E-state index >= 15 is 0 Å². The van der Waals surface area contributed by atoms with Crippen LogP contribution in [0.5, 0.6) is 5.75 Å². The molecule has 1 aromatic rings. The molecule has 0 unspecified atom stereocenters. The Morgan fingerprint density at radius 2 is 1.91 bits per heavy atom. The van der Waals surface area contributed by atoms with Crippen LogP contribution in [0, 0.1) is 0 Å². The smallest absolute Gasteiger partial charge is 0.331 e. The van der Waals surface area contributed by atoms with Crippen LogP contribution in [0.4, 0.5) is 0 Å². The number of nitrogens with one attached hydrogen (secondary N) is 1. The summed E-state index contributed by atoms with van der Waals surface area (Å²) in [4.78, 5) is 23.2. The highest BCUT2D eigenvalue weighted by molar-refractivity contribution is 5.89. The third-order valence-electron chi connectivity index (χ3n) is 3.59. The number of amides is 1. The first-order valence-electron chi connectivity index (χ1n) is 7.45. The van der Waals surface area contributed by atoms with Gasteiger partial charge in [-0.2, -0.15) is 0 Å². The maximum absolute atomic E-state index is 11.6. The molecule has 0 radical (unpaired) electrons. The number of benzene rings is 1. The zero-order valence-electron chi connectivity index (χ0n) is 12.7. The van der Waals surface area contributed by atoms with Crippen LogP contribution < -0.4 is 10.1 Å². The Labute approximate surface area is 130 Å². The molecule has 0 atom stereocenters. The second-order valence-electron chi connectivity index (χ2n) is 5.26. The second kappa shape index (κ2) is 8.22. The van der Waals surface area contributed by atoms with Crippen molar-refractivity contribution in [2.75, 3.05) is 13.7 Å². The SMILES string of the molecule is COc1ccc(/C=C/C(=O)OCC(=O)NC2CCCC2)cc1. The molecule has 0 heterocycles. The first-order valence-corrected chi connectivity index (χ1v) is 7.45. The maximum atomic E-state index is 11.6. The summed E-state index contributed by atoms with van der Waals surface area (Å²) in [5.74, 6) is -0.0150. The molecule has 1 saturated carbocycles. The van der Waals surface area contributed by atoms with Gasteiger partial charge in [0.2, 0.25) is 0 Å². The summed E-state index contributed by atoms with van der Waals surface area (Å²) in [6.07, 6.45) is 7.26. The number of rotatable bonds is 6. The van der Waals surface area contributed by atoms with Gasteiger partial charge < -0.3 is 14.8 Å². The molecule has 0 bridgehead atoms. The lowest BCUT2D eigenvalue weighted by Gasteiger charge is -2.11. The molecule has 1 aromatic carbocycles. The molecular weight excluding hydrogens is 282 g/mol. The van der Waals surface area contributed by atoms with Crippen molar-refractivity contribution in [3.8, 4) is 5.75 Å².